The van der Waals surface area contributed by atoms with E-state index < -0.39 is 0 Å². The van der Waals surface area contributed by atoms with E-state index in [4.69, 9.17) is 5.11 Å². The van der Waals surface area contributed by atoms with Crippen LogP contribution >= 0.6 is 0 Å². The van der Waals surface area contributed by atoms with E-state index in [1.807, 2.05) is 0 Å². The smallest absolute Gasteiger partial charge is 0.0456 e. The molecular formula is C13H26O. The van der Waals surface area contributed by atoms with Crippen LogP contribution in [0.5, 0.6) is 0 Å². The molecule has 3 atom stereocenters. The van der Waals surface area contributed by atoms with E-state index in [1.54, 1.807) is 0 Å². The molecule has 1 heteroatoms. The molecule has 1 nitrogen and oxygen atoms in total. The zero-order chi connectivity index (χ0) is 10.8. The van der Waals surface area contributed by atoms with Crippen LogP contribution in [0.1, 0.15) is 53.4 Å². The van der Waals surface area contributed by atoms with Crippen LogP contribution in [0.25, 0.3) is 0 Å². The number of aliphatic hydroxyl groups excluding tert-OH is 1. The molecule has 0 saturated heterocycles. The van der Waals surface area contributed by atoms with Crippen molar-refractivity contribution in [1.29, 1.82) is 0 Å². The molecule has 1 saturated carbocycles. The summed E-state index contributed by atoms with van der Waals surface area (Å²) in [5.74, 6) is 2.24. The standard InChI is InChI=1S/C13H26O/c1-10(9-14)5-7-12-8-6-11(2)13(12,3)4/h10-12,14H,5-9H2,1-4H3/t10-,11-,12?/m1/s1. The minimum Gasteiger partial charge on any atom is -0.396 e. The Hall–Kier alpha value is -0.0400. The normalized spacial score (nSPS) is 33.2. The Morgan fingerprint density at radius 1 is 1.36 bits per heavy atom. The van der Waals surface area contributed by atoms with Crippen molar-refractivity contribution < 1.29 is 5.11 Å². The molecule has 0 radical (unpaired) electrons. The van der Waals surface area contributed by atoms with E-state index in [9.17, 15) is 0 Å². The zero-order valence-corrected chi connectivity index (χ0v) is 10.2. The number of hydrogen-bond donors (Lipinski definition) is 1. The first-order chi connectivity index (χ1) is 6.48. The van der Waals surface area contributed by atoms with E-state index >= 15 is 0 Å². The van der Waals surface area contributed by atoms with Crippen LogP contribution in [0, 0.1) is 23.2 Å². The van der Waals surface area contributed by atoms with Crippen molar-refractivity contribution in [1.82, 2.24) is 0 Å². The monoisotopic (exact) mass is 198 g/mol. The van der Waals surface area contributed by atoms with Crippen LogP contribution in [0.15, 0.2) is 0 Å². The molecule has 0 aliphatic heterocycles. The van der Waals surface area contributed by atoms with Crippen LogP contribution in [-0.4, -0.2) is 11.7 Å². The highest BCUT2D eigenvalue weighted by atomic mass is 16.3. The van der Waals surface area contributed by atoms with Gasteiger partial charge in [0.25, 0.3) is 0 Å². The average Bonchev–Trinajstić information content (AvgIpc) is 2.39. The SMILES string of the molecule is C[C@@H](CO)CCC1CC[C@@H](C)C1(C)C. The first-order valence-electron chi connectivity index (χ1n) is 6.09. The van der Waals surface area contributed by atoms with Crippen molar-refractivity contribution in [2.24, 2.45) is 23.2 Å². The summed E-state index contributed by atoms with van der Waals surface area (Å²) in [6.07, 6.45) is 5.29. The lowest BCUT2D eigenvalue weighted by atomic mass is 9.74. The van der Waals surface area contributed by atoms with Gasteiger partial charge in [0.05, 0.1) is 0 Å². The third-order valence-corrected chi connectivity index (χ3v) is 4.59. The molecule has 0 bridgehead atoms. The number of hydrogen-bond acceptors (Lipinski definition) is 1. The van der Waals surface area contributed by atoms with Gasteiger partial charge in [-0.15, -0.1) is 0 Å². The third kappa shape index (κ3) is 2.50. The van der Waals surface area contributed by atoms with Crippen LogP contribution in [0.4, 0.5) is 0 Å². The number of rotatable bonds is 4. The Morgan fingerprint density at radius 3 is 2.43 bits per heavy atom. The molecule has 0 heterocycles. The van der Waals surface area contributed by atoms with E-state index in [0.717, 1.165) is 11.8 Å². The molecular weight excluding hydrogens is 172 g/mol. The fraction of sp³-hybridized carbons (Fsp3) is 1.00. The fourth-order valence-electron chi connectivity index (χ4n) is 2.69. The molecule has 0 amide bonds. The second kappa shape index (κ2) is 4.65. The maximum atomic E-state index is 8.99. The molecule has 0 aromatic carbocycles. The van der Waals surface area contributed by atoms with Gasteiger partial charge in [0.2, 0.25) is 0 Å². The van der Waals surface area contributed by atoms with Crippen LogP contribution < -0.4 is 0 Å². The van der Waals surface area contributed by atoms with E-state index in [-0.39, 0.29) is 0 Å². The number of aliphatic hydroxyl groups is 1. The van der Waals surface area contributed by atoms with E-state index in [2.05, 4.69) is 27.7 Å². The molecule has 1 aliphatic rings. The fourth-order valence-corrected chi connectivity index (χ4v) is 2.69. The molecule has 0 aromatic rings. The summed E-state index contributed by atoms with van der Waals surface area (Å²) in [7, 11) is 0. The first-order valence-corrected chi connectivity index (χ1v) is 6.09. The largest absolute Gasteiger partial charge is 0.396 e. The van der Waals surface area contributed by atoms with Crippen LogP contribution in [-0.2, 0) is 0 Å². The summed E-state index contributed by atoms with van der Waals surface area (Å²) in [6, 6.07) is 0. The van der Waals surface area contributed by atoms with Crippen molar-refractivity contribution >= 4 is 0 Å². The van der Waals surface area contributed by atoms with E-state index in [0.29, 0.717) is 17.9 Å². The van der Waals surface area contributed by atoms with Crippen LogP contribution in [0.3, 0.4) is 0 Å². The van der Waals surface area contributed by atoms with Gasteiger partial charge in [-0.3, -0.25) is 0 Å². The highest BCUT2D eigenvalue weighted by Crippen LogP contribution is 2.49. The highest BCUT2D eigenvalue weighted by Gasteiger charge is 2.39. The summed E-state index contributed by atoms with van der Waals surface area (Å²) in [6.45, 7) is 9.71. The predicted octanol–water partition coefficient (Wildman–Crippen LogP) is 3.47. The summed E-state index contributed by atoms with van der Waals surface area (Å²) in [5.41, 5.74) is 0.523. The Kier molecular flexibility index (Phi) is 4.00. The Bertz CT molecular complexity index is 174. The minimum atomic E-state index is 0.350. The van der Waals surface area contributed by atoms with Gasteiger partial charge in [0.1, 0.15) is 0 Å². The van der Waals surface area contributed by atoms with Gasteiger partial charge in [-0.2, -0.15) is 0 Å². The maximum Gasteiger partial charge on any atom is 0.0456 e. The second-order valence-corrected chi connectivity index (χ2v) is 5.86. The lowest BCUT2D eigenvalue weighted by Gasteiger charge is -2.31. The molecule has 1 fully saturated rings. The maximum absolute atomic E-state index is 8.99. The molecule has 0 spiro atoms. The predicted molar refractivity (Wildman–Crippen MR) is 61.2 cm³/mol. The second-order valence-electron chi connectivity index (χ2n) is 5.86. The van der Waals surface area contributed by atoms with Crippen molar-refractivity contribution in [3.8, 4) is 0 Å². The van der Waals surface area contributed by atoms with Crippen molar-refractivity contribution in [3.63, 3.8) is 0 Å². The highest BCUT2D eigenvalue weighted by molar-refractivity contribution is 4.89. The van der Waals surface area contributed by atoms with Crippen molar-refractivity contribution in [2.75, 3.05) is 6.61 Å². The van der Waals surface area contributed by atoms with Crippen molar-refractivity contribution in [3.05, 3.63) is 0 Å². The van der Waals surface area contributed by atoms with E-state index in [1.165, 1.54) is 25.7 Å². The van der Waals surface area contributed by atoms with Gasteiger partial charge in [-0.05, 0) is 48.9 Å². The molecule has 1 aliphatic carbocycles. The lowest BCUT2D eigenvalue weighted by molar-refractivity contribution is 0.166. The molecule has 84 valence electrons. The average molecular weight is 198 g/mol. The minimum absolute atomic E-state index is 0.350. The molecule has 1 unspecified atom stereocenters. The summed E-state index contributed by atoms with van der Waals surface area (Å²) in [5, 5.41) is 8.99. The van der Waals surface area contributed by atoms with Gasteiger partial charge >= 0.3 is 0 Å². The van der Waals surface area contributed by atoms with Gasteiger partial charge in [-0.1, -0.05) is 27.7 Å². The van der Waals surface area contributed by atoms with Gasteiger partial charge < -0.3 is 5.11 Å². The summed E-state index contributed by atoms with van der Waals surface area (Å²) in [4.78, 5) is 0. The topological polar surface area (TPSA) is 20.2 Å². The molecule has 1 N–H and O–H groups in total. The summed E-state index contributed by atoms with van der Waals surface area (Å²) >= 11 is 0. The van der Waals surface area contributed by atoms with Crippen molar-refractivity contribution in [2.45, 2.75) is 53.4 Å². The van der Waals surface area contributed by atoms with Gasteiger partial charge in [-0.25, -0.2) is 0 Å². The zero-order valence-electron chi connectivity index (χ0n) is 10.2. The quantitative estimate of drug-likeness (QED) is 0.733. The Morgan fingerprint density at radius 2 is 2.00 bits per heavy atom. The molecule has 14 heavy (non-hydrogen) atoms. The summed E-state index contributed by atoms with van der Waals surface area (Å²) < 4.78 is 0. The van der Waals surface area contributed by atoms with Gasteiger partial charge in [0.15, 0.2) is 0 Å². The first kappa shape index (κ1) is 12.0. The Labute approximate surface area is 88.9 Å². The third-order valence-electron chi connectivity index (χ3n) is 4.59. The lowest BCUT2D eigenvalue weighted by Crippen LogP contribution is -2.23. The Balaban J connectivity index is 2.39. The molecule has 0 aromatic heterocycles. The van der Waals surface area contributed by atoms with Crippen LogP contribution in [0.2, 0.25) is 0 Å². The molecule has 1 rings (SSSR count). The van der Waals surface area contributed by atoms with Gasteiger partial charge in [0, 0.05) is 6.61 Å².